The van der Waals surface area contributed by atoms with E-state index in [4.69, 9.17) is 39.5 Å². The van der Waals surface area contributed by atoms with Crippen LogP contribution in [0.1, 0.15) is 12.5 Å². The number of ether oxygens (including phenoxy) is 1. The maximum absolute atomic E-state index is 9.92. The van der Waals surface area contributed by atoms with Crippen LogP contribution in [0.3, 0.4) is 0 Å². The molecule has 0 unspecified atom stereocenters. The van der Waals surface area contributed by atoms with Gasteiger partial charge in [0.2, 0.25) is 0 Å². The molecule has 2 rings (SSSR count). The first kappa shape index (κ1) is 16.0. The van der Waals surface area contributed by atoms with Crippen molar-refractivity contribution in [2.75, 3.05) is 6.61 Å². The first-order chi connectivity index (χ1) is 10.0. The maximum Gasteiger partial charge on any atom is 0.128 e. The van der Waals surface area contributed by atoms with E-state index in [1.807, 2.05) is 6.92 Å². The Labute approximate surface area is 137 Å². The molecule has 0 saturated carbocycles. The second kappa shape index (κ2) is 7.03. The third kappa shape index (κ3) is 4.03. The molecule has 110 valence electrons. The van der Waals surface area contributed by atoms with E-state index in [-0.39, 0.29) is 5.75 Å². The molecule has 0 aromatic heterocycles. The van der Waals surface area contributed by atoms with Gasteiger partial charge in [-0.25, -0.2) is 0 Å². The Morgan fingerprint density at radius 2 is 1.81 bits per heavy atom. The van der Waals surface area contributed by atoms with Gasteiger partial charge >= 0.3 is 0 Å². The number of benzene rings is 2. The quantitative estimate of drug-likeness (QED) is 0.744. The smallest absolute Gasteiger partial charge is 0.128 e. The summed E-state index contributed by atoms with van der Waals surface area (Å²) in [5, 5.41) is 11.0. The van der Waals surface area contributed by atoms with Crippen LogP contribution in [0.2, 0.25) is 15.1 Å². The van der Waals surface area contributed by atoms with Crippen molar-refractivity contribution < 1.29 is 9.84 Å². The average molecular weight is 345 g/mol. The number of aliphatic imine (C=N–C) groups is 1. The van der Waals surface area contributed by atoms with E-state index in [2.05, 4.69) is 4.99 Å². The van der Waals surface area contributed by atoms with Crippen molar-refractivity contribution in [1.82, 2.24) is 0 Å². The van der Waals surface area contributed by atoms with Gasteiger partial charge in [-0.2, -0.15) is 0 Å². The van der Waals surface area contributed by atoms with Crippen molar-refractivity contribution >= 4 is 46.7 Å². The van der Waals surface area contributed by atoms with Gasteiger partial charge in [0, 0.05) is 22.9 Å². The predicted molar refractivity (Wildman–Crippen MR) is 88.0 cm³/mol. The Morgan fingerprint density at radius 3 is 2.38 bits per heavy atom. The van der Waals surface area contributed by atoms with Gasteiger partial charge < -0.3 is 9.84 Å². The molecule has 2 aromatic carbocycles. The lowest BCUT2D eigenvalue weighted by Crippen LogP contribution is -1.92. The summed E-state index contributed by atoms with van der Waals surface area (Å²) in [5.41, 5.74) is 0.927. The molecule has 0 atom stereocenters. The molecule has 0 amide bonds. The topological polar surface area (TPSA) is 41.8 Å². The van der Waals surface area contributed by atoms with Crippen LogP contribution >= 0.6 is 34.8 Å². The van der Waals surface area contributed by atoms with E-state index in [0.29, 0.717) is 38.7 Å². The number of halogens is 3. The molecular weight excluding hydrogens is 333 g/mol. The van der Waals surface area contributed by atoms with E-state index in [1.54, 1.807) is 24.3 Å². The summed E-state index contributed by atoms with van der Waals surface area (Å²) in [6.07, 6.45) is 1.48. The van der Waals surface area contributed by atoms with Crippen molar-refractivity contribution in [1.29, 1.82) is 0 Å². The van der Waals surface area contributed by atoms with E-state index >= 15 is 0 Å². The fourth-order valence-corrected chi connectivity index (χ4v) is 2.60. The van der Waals surface area contributed by atoms with Gasteiger partial charge in [0.25, 0.3) is 0 Å². The van der Waals surface area contributed by atoms with E-state index < -0.39 is 0 Å². The Kier molecular flexibility index (Phi) is 5.34. The zero-order valence-corrected chi connectivity index (χ0v) is 13.4. The molecule has 21 heavy (non-hydrogen) atoms. The number of nitrogens with zero attached hydrogens (tertiary/aromatic N) is 1. The zero-order chi connectivity index (χ0) is 15.4. The molecule has 6 heteroatoms. The van der Waals surface area contributed by atoms with Crippen LogP contribution in [0, 0.1) is 0 Å². The van der Waals surface area contributed by atoms with Gasteiger partial charge in [-0.1, -0.05) is 34.8 Å². The number of phenolic OH excluding ortho intramolecular Hbond substituents is 1. The molecule has 0 aliphatic heterocycles. The fourth-order valence-electron chi connectivity index (χ4n) is 1.68. The van der Waals surface area contributed by atoms with Gasteiger partial charge in [-0.05, 0) is 31.2 Å². The Morgan fingerprint density at radius 1 is 1.14 bits per heavy atom. The summed E-state index contributed by atoms with van der Waals surface area (Å²) in [7, 11) is 0. The van der Waals surface area contributed by atoms with Crippen LogP contribution in [-0.2, 0) is 0 Å². The molecule has 0 heterocycles. The maximum atomic E-state index is 9.92. The highest BCUT2D eigenvalue weighted by molar-refractivity contribution is 6.41. The lowest BCUT2D eigenvalue weighted by Gasteiger charge is -2.05. The van der Waals surface area contributed by atoms with Crippen LogP contribution in [0.4, 0.5) is 5.69 Å². The summed E-state index contributed by atoms with van der Waals surface area (Å²) in [5.74, 6) is 0.653. The number of hydrogen-bond donors (Lipinski definition) is 1. The van der Waals surface area contributed by atoms with Crippen molar-refractivity contribution in [3.8, 4) is 11.5 Å². The third-order valence-corrected chi connectivity index (χ3v) is 3.42. The molecule has 0 spiro atoms. The standard InChI is InChI=1S/C15H12Cl3NO2/c1-2-21-11-4-3-9(14(20)7-11)8-19-15-12(17)5-10(16)6-13(15)18/h3-8,20H,2H2,1H3. The molecule has 0 aliphatic rings. The lowest BCUT2D eigenvalue weighted by molar-refractivity contribution is 0.337. The molecule has 0 radical (unpaired) electrons. The second-order valence-corrected chi connectivity index (χ2v) is 5.38. The van der Waals surface area contributed by atoms with Crippen molar-refractivity contribution in [3.63, 3.8) is 0 Å². The van der Waals surface area contributed by atoms with Gasteiger partial charge in [0.05, 0.1) is 16.7 Å². The summed E-state index contributed by atoms with van der Waals surface area (Å²) < 4.78 is 5.29. The fraction of sp³-hybridized carbons (Fsp3) is 0.133. The molecule has 2 aromatic rings. The van der Waals surface area contributed by atoms with Crippen LogP contribution in [0.5, 0.6) is 11.5 Å². The Balaban J connectivity index is 2.30. The van der Waals surface area contributed by atoms with Crippen LogP contribution < -0.4 is 4.74 Å². The van der Waals surface area contributed by atoms with Gasteiger partial charge in [-0.3, -0.25) is 4.99 Å². The highest BCUT2D eigenvalue weighted by atomic mass is 35.5. The summed E-state index contributed by atoms with van der Waals surface area (Å²) in [6, 6.07) is 8.08. The molecule has 3 nitrogen and oxygen atoms in total. The van der Waals surface area contributed by atoms with E-state index in [0.717, 1.165) is 0 Å². The summed E-state index contributed by atoms with van der Waals surface area (Å²) in [4.78, 5) is 4.20. The number of hydrogen-bond acceptors (Lipinski definition) is 3. The largest absolute Gasteiger partial charge is 0.507 e. The van der Waals surface area contributed by atoms with E-state index in [9.17, 15) is 5.11 Å². The highest BCUT2D eigenvalue weighted by Gasteiger charge is 2.07. The highest BCUT2D eigenvalue weighted by Crippen LogP contribution is 2.36. The SMILES string of the molecule is CCOc1ccc(C=Nc2c(Cl)cc(Cl)cc2Cl)c(O)c1. The predicted octanol–water partition coefficient (Wildman–Crippen LogP) is 5.50. The summed E-state index contributed by atoms with van der Waals surface area (Å²) >= 11 is 17.9. The van der Waals surface area contributed by atoms with E-state index in [1.165, 1.54) is 12.3 Å². The van der Waals surface area contributed by atoms with Crippen molar-refractivity contribution in [2.45, 2.75) is 6.92 Å². The first-order valence-electron chi connectivity index (χ1n) is 6.15. The van der Waals surface area contributed by atoms with Crippen LogP contribution in [0.15, 0.2) is 35.3 Å². The van der Waals surface area contributed by atoms with Gasteiger partial charge in [0.1, 0.15) is 17.2 Å². The third-order valence-electron chi connectivity index (χ3n) is 2.63. The molecule has 1 N–H and O–H groups in total. The number of rotatable bonds is 4. The molecular formula is C15H12Cl3NO2. The average Bonchev–Trinajstić information content (AvgIpc) is 2.40. The zero-order valence-electron chi connectivity index (χ0n) is 11.1. The van der Waals surface area contributed by atoms with Gasteiger partial charge in [-0.15, -0.1) is 0 Å². The molecule has 0 saturated heterocycles. The van der Waals surface area contributed by atoms with Crippen LogP contribution in [-0.4, -0.2) is 17.9 Å². The van der Waals surface area contributed by atoms with Gasteiger partial charge in [0.15, 0.2) is 0 Å². The first-order valence-corrected chi connectivity index (χ1v) is 7.29. The monoisotopic (exact) mass is 343 g/mol. The van der Waals surface area contributed by atoms with Crippen molar-refractivity contribution in [2.24, 2.45) is 4.99 Å². The minimum absolute atomic E-state index is 0.0610. The molecule has 0 bridgehead atoms. The minimum Gasteiger partial charge on any atom is -0.507 e. The molecule has 0 fully saturated rings. The Hall–Kier alpha value is -1.42. The Bertz CT molecular complexity index is 664. The lowest BCUT2D eigenvalue weighted by atomic mass is 10.2. The number of aromatic hydroxyl groups is 1. The van der Waals surface area contributed by atoms with Crippen molar-refractivity contribution in [3.05, 3.63) is 51.0 Å². The summed E-state index contributed by atoms with van der Waals surface area (Å²) in [6.45, 7) is 2.40. The normalized spacial score (nSPS) is 11.0. The number of phenols is 1. The minimum atomic E-state index is 0.0610. The second-order valence-electron chi connectivity index (χ2n) is 4.13. The van der Waals surface area contributed by atoms with Crippen LogP contribution in [0.25, 0.3) is 0 Å². The molecule has 0 aliphatic carbocycles.